The molecule has 0 aromatic carbocycles. The first-order valence-electron chi connectivity index (χ1n) is 4.68. The Morgan fingerprint density at radius 1 is 1.71 bits per heavy atom. The minimum absolute atomic E-state index is 0.230. The molecule has 4 heteroatoms. The van der Waals surface area contributed by atoms with Crippen LogP contribution < -0.4 is 0 Å². The SMILES string of the molecule is Cc1nc2sccn2c1C1CC1C=O. The Morgan fingerprint density at radius 3 is 3.29 bits per heavy atom. The van der Waals surface area contributed by atoms with Crippen molar-refractivity contribution in [1.29, 1.82) is 0 Å². The predicted octanol–water partition coefficient (Wildman–Crippen LogP) is 2.01. The molecule has 1 aliphatic rings. The fourth-order valence-corrected chi connectivity index (χ4v) is 2.80. The Morgan fingerprint density at radius 2 is 2.57 bits per heavy atom. The molecular weight excluding hydrogens is 196 g/mol. The Bertz CT molecular complexity index is 499. The smallest absolute Gasteiger partial charge is 0.194 e. The minimum atomic E-state index is 0.230. The summed E-state index contributed by atoms with van der Waals surface area (Å²) in [6.45, 7) is 2.02. The largest absolute Gasteiger partial charge is 0.303 e. The van der Waals surface area contributed by atoms with Crippen molar-refractivity contribution in [2.24, 2.45) is 5.92 Å². The van der Waals surface area contributed by atoms with Crippen molar-refractivity contribution in [3.8, 4) is 0 Å². The molecular formula is C10H10N2OS. The molecule has 0 saturated heterocycles. The fraction of sp³-hybridized carbons (Fsp3) is 0.400. The van der Waals surface area contributed by atoms with Crippen LogP contribution in [0.15, 0.2) is 11.6 Å². The van der Waals surface area contributed by atoms with Crippen molar-refractivity contribution in [2.75, 3.05) is 0 Å². The van der Waals surface area contributed by atoms with Crippen LogP contribution >= 0.6 is 11.3 Å². The number of aromatic nitrogens is 2. The standard InChI is InChI=1S/C10H10N2OS/c1-6-9(8-4-7(8)5-13)12-2-3-14-10(12)11-6/h2-3,5,7-8H,4H2,1H3. The molecule has 2 aromatic heterocycles. The minimum Gasteiger partial charge on any atom is -0.303 e. The van der Waals surface area contributed by atoms with Crippen molar-refractivity contribution in [3.63, 3.8) is 0 Å². The summed E-state index contributed by atoms with van der Waals surface area (Å²) in [7, 11) is 0. The number of nitrogens with zero attached hydrogens (tertiary/aromatic N) is 2. The second kappa shape index (κ2) is 2.67. The van der Waals surface area contributed by atoms with Gasteiger partial charge >= 0.3 is 0 Å². The summed E-state index contributed by atoms with van der Waals surface area (Å²) in [5, 5.41) is 2.03. The molecule has 2 heterocycles. The molecule has 2 atom stereocenters. The highest BCUT2D eigenvalue weighted by Crippen LogP contribution is 2.47. The van der Waals surface area contributed by atoms with Gasteiger partial charge in [0.15, 0.2) is 4.96 Å². The van der Waals surface area contributed by atoms with Gasteiger partial charge in [0.25, 0.3) is 0 Å². The van der Waals surface area contributed by atoms with Gasteiger partial charge in [0.05, 0.1) is 11.4 Å². The number of hydrogen-bond donors (Lipinski definition) is 0. The second-order valence-corrected chi connectivity index (χ2v) is 4.65. The van der Waals surface area contributed by atoms with E-state index in [1.807, 2.05) is 18.5 Å². The van der Waals surface area contributed by atoms with Gasteiger partial charge in [0.1, 0.15) is 6.29 Å². The molecule has 2 aromatic rings. The average Bonchev–Trinajstić information content (AvgIpc) is 2.68. The molecule has 0 amide bonds. The lowest BCUT2D eigenvalue weighted by molar-refractivity contribution is -0.108. The van der Waals surface area contributed by atoms with E-state index in [1.165, 1.54) is 5.69 Å². The molecule has 1 aliphatic carbocycles. The molecule has 0 aliphatic heterocycles. The Labute approximate surface area is 85.4 Å². The molecule has 3 nitrogen and oxygen atoms in total. The van der Waals surface area contributed by atoms with E-state index in [0.29, 0.717) is 5.92 Å². The van der Waals surface area contributed by atoms with Crippen LogP contribution in [0.5, 0.6) is 0 Å². The van der Waals surface area contributed by atoms with E-state index in [0.717, 1.165) is 23.4 Å². The predicted molar refractivity (Wildman–Crippen MR) is 54.7 cm³/mol. The van der Waals surface area contributed by atoms with Gasteiger partial charge in [0, 0.05) is 23.4 Å². The zero-order valence-corrected chi connectivity index (χ0v) is 8.62. The number of hydrogen-bond acceptors (Lipinski definition) is 3. The second-order valence-electron chi connectivity index (χ2n) is 3.78. The van der Waals surface area contributed by atoms with Gasteiger partial charge in [-0.15, -0.1) is 11.3 Å². The van der Waals surface area contributed by atoms with Crippen molar-refractivity contribution < 1.29 is 4.79 Å². The van der Waals surface area contributed by atoms with E-state index in [9.17, 15) is 4.79 Å². The number of thiazole rings is 1. The molecule has 1 fully saturated rings. The van der Waals surface area contributed by atoms with E-state index >= 15 is 0 Å². The Balaban J connectivity index is 2.14. The van der Waals surface area contributed by atoms with Crippen molar-refractivity contribution >= 4 is 22.6 Å². The van der Waals surface area contributed by atoms with Crippen molar-refractivity contribution in [2.45, 2.75) is 19.3 Å². The molecule has 2 unspecified atom stereocenters. The maximum atomic E-state index is 10.6. The van der Waals surface area contributed by atoms with Crippen LogP contribution in [-0.4, -0.2) is 15.7 Å². The van der Waals surface area contributed by atoms with Crippen LogP contribution in [0, 0.1) is 12.8 Å². The summed E-state index contributed by atoms with van der Waals surface area (Å²) in [5.41, 5.74) is 2.31. The summed E-state index contributed by atoms with van der Waals surface area (Å²) in [6, 6.07) is 0. The van der Waals surface area contributed by atoms with Gasteiger partial charge in [-0.1, -0.05) is 0 Å². The third-order valence-electron chi connectivity index (χ3n) is 2.85. The summed E-state index contributed by atoms with van der Waals surface area (Å²) < 4.78 is 2.12. The van der Waals surface area contributed by atoms with Gasteiger partial charge in [0.2, 0.25) is 0 Å². The number of imidazole rings is 1. The molecule has 0 bridgehead atoms. The number of carbonyl (C=O) groups excluding carboxylic acids is 1. The molecule has 0 N–H and O–H groups in total. The van der Waals surface area contributed by atoms with Gasteiger partial charge in [-0.25, -0.2) is 4.98 Å². The fourth-order valence-electron chi connectivity index (χ4n) is 2.04. The van der Waals surface area contributed by atoms with E-state index in [1.54, 1.807) is 11.3 Å². The highest BCUT2D eigenvalue weighted by Gasteiger charge is 2.41. The van der Waals surface area contributed by atoms with E-state index < -0.39 is 0 Å². The topological polar surface area (TPSA) is 34.4 Å². The zero-order valence-electron chi connectivity index (χ0n) is 7.80. The van der Waals surface area contributed by atoms with Gasteiger partial charge in [-0.3, -0.25) is 4.40 Å². The first-order chi connectivity index (χ1) is 6.81. The Kier molecular flexibility index (Phi) is 1.56. The van der Waals surface area contributed by atoms with E-state index in [2.05, 4.69) is 9.38 Å². The average molecular weight is 206 g/mol. The molecule has 3 rings (SSSR count). The van der Waals surface area contributed by atoms with Crippen LogP contribution in [0.4, 0.5) is 0 Å². The number of aryl methyl sites for hydroxylation is 1. The lowest BCUT2D eigenvalue weighted by Gasteiger charge is -1.96. The van der Waals surface area contributed by atoms with Crippen molar-refractivity contribution in [1.82, 2.24) is 9.38 Å². The molecule has 14 heavy (non-hydrogen) atoms. The maximum Gasteiger partial charge on any atom is 0.194 e. The lowest BCUT2D eigenvalue weighted by atomic mass is 10.2. The highest BCUT2D eigenvalue weighted by atomic mass is 32.1. The number of carbonyl (C=O) groups is 1. The van der Waals surface area contributed by atoms with Crippen LogP contribution in [-0.2, 0) is 4.79 Å². The summed E-state index contributed by atoms with van der Waals surface area (Å²) in [5.74, 6) is 0.644. The zero-order chi connectivity index (χ0) is 9.71. The first-order valence-corrected chi connectivity index (χ1v) is 5.56. The molecule has 1 saturated carbocycles. The maximum absolute atomic E-state index is 10.6. The third-order valence-corrected chi connectivity index (χ3v) is 3.61. The molecule has 0 radical (unpaired) electrons. The normalized spacial score (nSPS) is 25.5. The van der Waals surface area contributed by atoms with E-state index in [-0.39, 0.29) is 5.92 Å². The van der Waals surface area contributed by atoms with Crippen LogP contribution in [0.3, 0.4) is 0 Å². The van der Waals surface area contributed by atoms with E-state index in [4.69, 9.17) is 0 Å². The van der Waals surface area contributed by atoms with Gasteiger partial charge in [-0.2, -0.15) is 0 Å². The van der Waals surface area contributed by atoms with Gasteiger partial charge in [-0.05, 0) is 13.3 Å². The monoisotopic (exact) mass is 206 g/mol. The summed E-state index contributed by atoms with van der Waals surface area (Å²) in [4.78, 5) is 16.1. The lowest BCUT2D eigenvalue weighted by Crippen LogP contribution is -1.92. The van der Waals surface area contributed by atoms with Crippen LogP contribution in [0.25, 0.3) is 4.96 Å². The highest BCUT2D eigenvalue weighted by molar-refractivity contribution is 7.15. The molecule has 0 spiro atoms. The number of rotatable bonds is 2. The van der Waals surface area contributed by atoms with Crippen LogP contribution in [0.1, 0.15) is 23.7 Å². The third kappa shape index (κ3) is 0.973. The number of fused-ring (bicyclic) bond motifs is 1. The first kappa shape index (κ1) is 8.17. The summed E-state index contributed by atoms with van der Waals surface area (Å²) in [6.07, 6.45) is 4.10. The molecule has 72 valence electrons. The van der Waals surface area contributed by atoms with Crippen LogP contribution in [0.2, 0.25) is 0 Å². The Hall–Kier alpha value is -1.16. The number of aldehydes is 1. The summed E-state index contributed by atoms with van der Waals surface area (Å²) >= 11 is 1.64. The van der Waals surface area contributed by atoms with Crippen molar-refractivity contribution in [3.05, 3.63) is 23.0 Å². The quantitative estimate of drug-likeness (QED) is 0.704. The van der Waals surface area contributed by atoms with Gasteiger partial charge < -0.3 is 4.79 Å².